The Morgan fingerprint density at radius 1 is 0.829 bits per heavy atom. The van der Waals surface area contributed by atoms with Gasteiger partial charge >= 0.3 is 5.97 Å². The number of ketones is 2. The number of esters is 1. The number of hydrogen-bond donors (Lipinski definition) is 2. The van der Waals surface area contributed by atoms with Gasteiger partial charge in [-0.05, 0) is 11.6 Å². The summed E-state index contributed by atoms with van der Waals surface area (Å²) in [5.74, 6) is -7.12. The lowest BCUT2D eigenvalue weighted by molar-refractivity contribution is -0.138. The number of fused-ring (bicyclic) bond motifs is 1. The van der Waals surface area contributed by atoms with E-state index in [1.807, 2.05) is 0 Å². The van der Waals surface area contributed by atoms with Gasteiger partial charge in [0.2, 0.25) is 0 Å². The van der Waals surface area contributed by atoms with Gasteiger partial charge in [-0.3, -0.25) is 23.5 Å². The molecule has 4 rings (SSSR count). The molecule has 3 aromatic carbocycles. The molecule has 2 atom stereocenters. The second kappa shape index (κ2) is 8.82. The van der Waals surface area contributed by atoms with E-state index in [0.29, 0.717) is 12.1 Å². The third kappa shape index (κ3) is 4.64. The maximum absolute atomic E-state index is 13.6. The predicted octanol–water partition coefficient (Wildman–Crippen LogP) is 2.56. The summed E-state index contributed by atoms with van der Waals surface area (Å²) in [5.41, 5.74) is -0.376. The predicted molar refractivity (Wildman–Crippen MR) is 119 cm³/mol. The molecular formula is C23H16O10S2. The van der Waals surface area contributed by atoms with Crippen LogP contribution in [0.3, 0.4) is 0 Å². The number of hydrogen-bond acceptors (Lipinski definition) is 8. The molecule has 0 spiro atoms. The van der Waals surface area contributed by atoms with Gasteiger partial charge in [0.1, 0.15) is 16.6 Å². The number of ether oxygens (including phenoxy) is 1. The molecule has 0 bridgehead atoms. The standard InChI is InChI=1S/C23H16O10S2/c24-21(14-9-5-2-6-10-14)18(13-7-3-1-4-8-13)20-22(25)19-16(33-23(20)26)11-15(34(27,28)29)12-17(19)35(30,31)32/h1-12,18,20H,(H,27,28,29)(H,30,31,32). The monoisotopic (exact) mass is 516 g/mol. The zero-order valence-corrected chi connectivity index (χ0v) is 19.2. The maximum atomic E-state index is 13.6. The average Bonchev–Trinajstić information content (AvgIpc) is 2.80. The lowest BCUT2D eigenvalue weighted by Gasteiger charge is -2.29. The molecule has 3 aromatic rings. The summed E-state index contributed by atoms with van der Waals surface area (Å²) >= 11 is 0. The van der Waals surface area contributed by atoms with Crippen LogP contribution < -0.4 is 4.74 Å². The van der Waals surface area contributed by atoms with Gasteiger partial charge in [0.25, 0.3) is 20.2 Å². The Kier molecular flexibility index (Phi) is 6.15. The zero-order valence-electron chi connectivity index (χ0n) is 17.6. The molecule has 180 valence electrons. The van der Waals surface area contributed by atoms with Crippen LogP contribution in [0.25, 0.3) is 0 Å². The molecule has 0 radical (unpaired) electrons. The minimum Gasteiger partial charge on any atom is -0.425 e. The van der Waals surface area contributed by atoms with E-state index in [1.54, 1.807) is 36.4 Å². The summed E-state index contributed by atoms with van der Waals surface area (Å²) in [6, 6.07) is 16.6. The van der Waals surface area contributed by atoms with Crippen LogP contribution >= 0.6 is 0 Å². The Morgan fingerprint density at radius 2 is 1.40 bits per heavy atom. The summed E-state index contributed by atoms with van der Waals surface area (Å²) in [7, 11) is -10.2. The molecule has 0 amide bonds. The Balaban J connectivity index is 1.95. The Bertz CT molecular complexity index is 1560. The SMILES string of the molecule is O=C1Oc2cc(S(=O)(=O)O)cc(S(=O)(=O)O)c2C(=O)C1C(C(=O)c1ccccc1)c1ccccc1. The highest BCUT2D eigenvalue weighted by Crippen LogP contribution is 2.41. The molecular weight excluding hydrogens is 500 g/mol. The first kappa shape index (κ1) is 24.4. The third-order valence-electron chi connectivity index (χ3n) is 5.44. The van der Waals surface area contributed by atoms with Gasteiger partial charge < -0.3 is 4.74 Å². The van der Waals surface area contributed by atoms with Gasteiger partial charge in [0.15, 0.2) is 11.6 Å². The molecule has 2 N–H and O–H groups in total. The summed E-state index contributed by atoms with van der Waals surface area (Å²) in [6.45, 7) is 0. The van der Waals surface area contributed by atoms with Crippen molar-refractivity contribution in [2.24, 2.45) is 5.92 Å². The molecule has 0 fully saturated rings. The van der Waals surface area contributed by atoms with Gasteiger partial charge in [-0.25, -0.2) is 0 Å². The van der Waals surface area contributed by atoms with E-state index in [-0.39, 0.29) is 11.1 Å². The fourth-order valence-electron chi connectivity index (χ4n) is 3.90. The molecule has 0 saturated heterocycles. The van der Waals surface area contributed by atoms with E-state index in [0.717, 1.165) is 0 Å². The van der Waals surface area contributed by atoms with Crippen LogP contribution in [0.1, 0.15) is 32.2 Å². The molecule has 35 heavy (non-hydrogen) atoms. The van der Waals surface area contributed by atoms with Gasteiger partial charge in [0.05, 0.1) is 16.4 Å². The van der Waals surface area contributed by atoms with E-state index in [2.05, 4.69) is 0 Å². The van der Waals surface area contributed by atoms with Gasteiger partial charge in [0, 0.05) is 11.6 Å². The van der Waals surface area contributed by atoms with Crippen LogP contribution in [0.2, 0.25) is 0 Å². The third-order valence-corrected chi connectivity index (χ3v) is 7.15. The van der Waals surface area contributed by atoms with Crippen molar-refractivity contribution in [1.29, 1.82) is 0 Å². The molecule has 0 saturated carbocycles. The summed E-state index contributed by atoms with van der Waals surface area (Å²) in [5, 5.41) is 0. The number of rotatable bonds is 6. The van der Waals surface area contributed by atoms with Crippen LogP contribution in [0.4, 0.5) is 0 Å². The zero-order chi connectivity index (χ0) is 25.5. The molecule has 1 aliphatic rings. The minimum absolute atomic E-state index is 0.171. The number of benzene rings is 3. The van der Waals surface area contributed by atoms with Crippen LogP contribution in [-0.2, 0) is 25.0 Å². The Hall–Kier alpha value is -3.71. The van der Waals surface area contributed by atoms with Crippen molar-refractivity contribution in [3.63, 3.8) is 0 Å². The molecule has 1 aliphatic heterocycles. The van der Waals surface area contributed by atoms with E-state index >= 15 is 0 Å². The normalized spacial score (nSPS) is 16.8. The van der Waals surface area contributed by atoms with Crippen molar-refractivity contribution in [3.8, 4) is 5.75 Å². The van der Waals surface area contributed by atoms with Crippen molar-refractivity contribution in [1.82, 2.24) is 0 Å². The first-order chi connectivity index (χ1) is 16.4. The Morgan fingerprint density at radius 3 is 1.94 bits per heavy atom. The smallest absolute Gasteiger partial charge is 0.323 e. The first-order valence-electron chi connectivity index (χ1n) is 9.92. The molecule has 0 aliphatic carbocycles. The van der Waals surface area contributed by atoms with Crippen LogP contribution in [-0.4, -0.2) is 43.5 Å². The largest absolute Gasteiger partial charge is 0.425 e. The summed E-state index contributed by atoms with van der Waals surface area (Å²) in [6.07, 6.45) is 0. The molecule has 12 heteroatoms. The van der Waals surface area contributed by atoms with Crippen molar-refractivity contribution in [2.45, 2.75) is 15.7 Å². The van der Waals surface area contributed by atoms with Crippen LogP contribution in [0.5, 0.6) is 5.75 Å². The highest BCUT2D eigenvalue weighted by Gasteiger charge is 2.48. The fourth-order valence-corrected chi connectivity index (χ4v) is 5.23. The molecule has 2 unspecified atom stereocenters. The second-order valence-electron chi connectivity index (χ2n) is 7.63. The lowest BCUT2D eigenvalue weighted by Crippen LogP contribution is -2.41. The topological polar surface area (TPSA) is 169 Å². The van der Waals surface area contributed by atoms with Crippen molar-refractivity contribution in [3.05, 3.63) is 89.5 Å². The first-order valence-corrected chi connectivity index (χ1v) is 12.8. The summed E-state index contributed by atoms with van der Waals surface area (Å²) < 4.78 is 71.3. The molecule has 0 aromatic heterocycles. The Labute approximate surface area is 199 Å². The number of Topliss-reactive ketones (excluding diaryl/α,β-unsaturated/α-hetero) is 2. The number of carbonyl (C=O) groups excluding carboxylic acids is 3. The van der Waals surface area contributed by atoms with Crippen LogP contribution in [0, 0.1) is 5.92 Å². The minimum atomic E-state index is -5.24. The highest BCUT2D eigenvalue weighted by atomic mass is 32.2. The lowest BCUT2D eigenvalue weighted by atomic mass is 9.76. The van der Waals surface area contributed by atoms with Crippen molar-refractivity contribution in [2.75, 3.05) is 0 Å². The number of carbonyl (C=O) groups is 3. The molecule has 1 heterocycles. The second-order valence-corrected chi connectivity index (χ2v) is 10.4. The maximum Gasteiger partial charge on any atom is 0.323 e. The fraction of sp³-hybridized carbons (Fsp3) is 0.0870. The van der Waals surface area contributed by atoms with Gasteiger partial charge in [-0.1, -0.05) is 60.7 Å². The highest BCUT2D eigenvalue weighted by molar-refractivity contribution is 7.86. The van der Waals surface area contributed by atoms with E-state index in [9.17, 15) is 40.3 Å². The van der Waals surface area contributed by atoms with E-state index in [4.69, 9.17) is 4.74 Å². The van der Waals surface area contributed by atoms with Crippen LogP contribution in [0.15, 0.2) is 82.6 Å². The quantitative estimate of drug-likeness (QED) is 0.163. The van der Waals surface area contributed by atoms with E-state index in [1.165, 1.54) is 24.3 Å². The van der Waals surface area contributed by atoms with E-state index < -0.39 is 70.7 Å². The van der Waals surface area contributed by atoms with Gasteiger partial charge in [-0.2, -0.15) is 16.8 Å². The molecule has 10 nitrogen and oxygen atoms in total. The van der Waals surface area contributed by atoms with Gasteiger partial charge in [-0.15, -0.1) is 0 Å². The summed E-state index contributed by atoms with van der Waals surface area (Å²) in [4.78, 5) is 37.8. The van der Waals surface area contributed by atoms with Crippen molar-refractivity contribution >= 4 is 37.8 Å². The average molecular weight is 517 g/mol. The van der Waals surface area contributed by atoms with Crippen molar-refractivity contribution < 1.29 is 45.1 Å².